The van der Waals surface area contributed by atoms with Crippen LogP contribution in [0.2, 0.25) is 0 Å². The molecule has 0 fully saturated rings. The Morgan fingerprint density at radius 2 is 1.21 bits per heavy atom. The van der Waals surface area contributed by atoms with Crippen LogP contribution in [0, 0.1) is 77.0 Å². The summed E-state index contributed by atoms with van der Waals surface area (Å²) in [6, 6.07) is 6.66. The predicted molar refractivity (Wildman–Crippen MR) is 124 cm³/mol. The van der Waals surface area contributed by atoms with Gasteiger partial charge in [0.15, 0.2) is 0 Å². The lowest BCUT2D eigenvalue weighted by atomic mass is 9.90. The third-order valence-electron chi connectivity index (χ3n) is 6.70. The molecule has 6 nitrogen and oxygen atoms in total. The van der Waals surface area contributed by atoms with Crippen molar-refractivity contribution in [3.63, 3.8) is 0 Å². The van der Waals surface area contributed by atoms with Gasteiger partial charge in [-0.1, -0.05) is 0 Å². The van der Waals surface area contributed by atoms with E-state index in [1.807, 2.05) is 0 Å². The quantitative estimate of drug-likeness (QED) is 0.223. The van der Waals surface area contributed by atoms with Crippen molar-refractivity contribution >= 4 is 17.1 Å². The summed E-state index contributed by atoms with van der Waals surface area (Å²) in [6.45, 7) is 22.3. The van der Waals surface area contributed by atoms with E-state index in [4.69, 9.17) is 19.7 Å². The number of nitriles is 3. The molecule has 0 heterocycles. The summed E-state index contributed by atoms with van der Waals surface area (Å²) in [6.07, 6.45) is -0.637. The normalized spacial score (nSPS) is 13.2. The summed E-state index contributed by atoms with van der Waals surface area (Å²) in [5, 5.41) is 28.6. The molecule has 0 amide bonds. The Kier molecular flexibility index (Phi) is 5.21. The fourth-order valence-electron chi connectivity index (χ4n) is 5.26. The number of benzene rings is 3. The molecule has 3 aromatic rings. The number of nitrogens with zero attached hydrogens (tertiary/aromatic N) is 6. The Morgan fingerprint density at radius 1 is 0.711 bits per heavy atom. The van der Waals surface area contributed by atoms with Crippen molar-refractivity contribution in [2.24, 2.45) is 0 Å². The van der Waals surface area contributed by atoms with Gasteiger partial charge in [-0.15, -0.1) is 0 Å². The zero-order valence-corrected chi connectivity index (χ0v) is 18.8. The minimum absolute atomic E-state index is 0.0339. The third kappa shape index (κ3) is 2.87. The number of fused-ring (bicyclic) bond motifs is 6. The molecule has 5 rings (SSSR count). The zero-order valence-electron chi connectivity index (χ0n) is 18.8. The summed E-state index contributed by atoms with van der Waals surface area (Å²) >= 11 is 0. The Morgan fingerprint density at radius 3 is 1.68 bits per heavy atom. The van der Waals surface area contributed by atoms with E-state index >= 15 is 8.78 Å². The van der Waals surface area contributed by atoms with Crippen LogP contribution in [0.5, 0.6) is 0 Å². The molecule has 0 aliphatic heterocycles. The van der Waals surface area contributed by atoms with Gasteiger partial charge < -0.3 is 0 Å². The Labute approximate surface area is 211 Å². The van der Waals surface area contributed by atoms with Gasteiger partial charge in [-0.2, -0.15) is 5.26 Å². The van der Waals surface area contributed by atoms with Crippen LogP contribution in [-0.2, 0) is 12.8 Å². The molecule has 0 bridgehead atoms. The van der Waals surface area contributed by atoms with E-state index in [-0.39, 0.29) is 67.8 Å². The highest BCUT2D eigenvalue weighted by atomic mass is 19.1. The van der Waals surface area contributed by atoms with Crippen molar-refractivity contribution in [2.45, 2.75) is 12.8 Å². The number of halogens is 4. The van der Waals surface area contributed by atoms with Crippen LogP contribution < -0.4 is 10.4 Å². The molecule has 0 N–H and O–H groups in total. The van der Waals surface area contributed by atoms with Gasteiger partial charge in [0, 0.05) is 17.2 Å². The molecule has 0 atom stereocenters. The summed E-state index contributed by atoms with van der Waals surface area (Å²) in [5.74, 6) is -4.75. The van der Waals surface area contributed by atoms with E-state index in [2.05, 4.69) is 14.5 Å². The van der Waals surface area contributed by atoms with Crippen LogP contribution in [0.1, 0.15) is 27.8 Å². The molecule has 176 valence electrons. The average molecular weight is 502 g/mol. The van der Waals surface area contributed by atoms with Crippen LogP contribution in [0.15, 0.2) is 12.1 Å². The Bertz CT molecular complexity index is 1940. The monoisotopic (exact) mass is 502 g/mol. The van der Waals surface area contributed by atoms with Crippen molar-refractivity contribution in [1.82, 2.24) is 0 Å². The fraction of sp³-hybridized carbons (Fsp3) is 0.0714. The predicted octanol–water partition coefficient (Wildman–Crippen LogP) is 4.91. The second-order valence-corrected chi connectivity index (χ2v) is 8.30. The van der Waals surface area contributed by atoms with Crippen molar-refractivity contribution < 1.29 is 17.6 Å². The number of hydrogen-bond donors (Lipinski definition) is 0. The van der Waals surface area contributed by atoms with Gasteiger partial charge in [-0.3, -0.25) is 0 Å². The van der Waals surface area contributed by atoms with E-state index in [1.54, 1.807) is 12.1 Å². The minimum atomic E-state index is -1.21. The maximum Gasteiger partial charge on any atom is 0.270 e. The first kappa shape index (κ1) is 23.8. The minimum Gasteiger partial charge on any atom is -0.232 e. The SMILES string of the molecule is [C-]#[N+]/C(C#N)=c1/c2c(/c(=C(\C#N)[N+]#[C-])c3c1Cc1c-3cc(F)c([N+]#[C-])c1F)-c1cc(F)c(C#N)c(F)c1C2. The largest absolute Gasteiger partial charge is 0.270 e. The lowest BCUT2D eigenvalue weighted by molar-refractivity contribution is 0.570. The summed E-state index contributed by atoms with van der Waals surface area (Å²) < 4.78 is 60.1. The first-order valence-electron chi connectivity index (χ1n) is 10.6. The zero-order chi connectivity index (χ0) is 27.5. The molecule has 3 aromatic carbocycles. The topological polar surface area (TPSA) is 84.4 Å². The highest BCUT2D eigenvalue weighted by molar-refractivity contribution is 5.94. The molecule has 0 saturated carbocycles. The van der Waals surface area contributed by atoms with E-state index in [9.17, 15) is 24.6 Å². The van der Waals surface area contributed by atoms with E-state index in [1.165, 1.54) is 6.07 Å². The molecule has 10 heteroatoms. The summed E-state index contributed by atoms with van der Waals surface area (Å²) in [7, 11) is 0. The van der Waals surface area contributed by atoms with Gasteiger partial charge in [0.05, 0.1) is 31.9 Å². The molecular formula is C28H6F4N6. The molecule has 2 aliphatic carbocycles. The summed E-state index contributed by atoms with van der Waals surface area (Å²) in [5.41, 5.74) is -3.08. The Hall–Kier alpha value is -5.94. The molecule has 0 radical (unpaired) electrons. The first-order valence-corrected chi connectivity index (χ1v) is 10.6. The maximum atomic E-state index is 15.3. The average Bonchev–Trinajstić information content (AvgIpc) is 3.46. The van der Waals surface area contributed by atoms with Crippen LogP contribution in [0.4, 0.5) is 23.2 Å². The molecular weight excluding hydrogens is 496 g/mol. The lowest BCUT2D eigenvalue weighted by Crippen LogP contribution is -2.25. The molecule has 0 spiro atoms. The van der Waals surface area contributed by atoms with Crippen LogP contribution >= 0.6 is 0 Å². The van der Waals surface area contributed by atoms with Crippen LogP contribution in [0.3, 0.4) is 0 Å². The van der Waals surface area contributed by atoms with Crippen LogP contribution in [0.25, 0.3) is 48.2 Å². The first-order chi connectivity index (χ1) is 18.3. The van der Waals surface area contributed by atoms with Crippen molar-refractivity contribution in [3.05, 3.63) is 108 Å². The lowest BCUT2D eigenvalue weighted by Gasteiger charge is -2.13. The van der Waals surface area contributed by atoms with Gasteiger partial charge in [0.1, 0.15) is 34.9 Å². The van der Waals surface area contributed by atoms with E-state index in [0.717, 1.165) is 12.1 Å². The highest BCUT2D eigenvalue weighted by Gasteiger charge is 2.36. The van der Waals surface area contributed by atoms with Gasteiger partial charge in [-0.05, 0) is 62.7 Å². The molecule has 0 unspecified atom stereocenters. The van der Waals surface area contributed by atoms with Gasteiger partial charge in [0.2, 0.25) is 0 Å². The number of hydrogen-bond acceptors (Lipinski definition) is 3. The van der Waals surface area contributed by atoms with E-state index < -0.39 is 45.9 Å². The Balaban J connectivity index is 2.16. The fourth-order valence-corrected chi connectivity index (χ4v) is 5.26. The second-order valence-electron chi connectivity index (χ2n) is 8.30. The van der Waals surface area contributed by atoms with Crippen molar-refractivity contribution in [1.29, 1.82) is 15.8 Å². The molecule has 0 aromatic heterocycles. The highest BCUT2D eigenvalue weighted by Crippen LogP contribution is 2.44. The number of rotatable bonds is 0. The van der Waals surface area contributed by atoms with Crippen molar-refractivity contribution in [2.75, 3.05) is 0 Å². The molecule has 0 saturated heterocycles. The standard InChI is InChI=1S/C28H6F4N6/c1-36-20(9-34)22-15-4-13-11(6-18(29)17(8-33)26(13)31)23(15)25(21(10-35)37-2)24-12-7-19(30)28(38-3)27(32)14(12)5-16(22)24/h6-7H,4-5H2/b22-20-,25-21-. The molecule has 2 aliphatic rings. The van der Waals surface area contributed by atoms with E-state index in [0.29, 0.717) is 0 Å². The van der Waals surface area contributed by atoms with Gasteiger partial charge in [-0.25, -0.2) is 42.6 Å². The van der Waals surface area contributed by atoms with Crippen molar-refractivity contribution in [3.8, 4) is 40.5 Å². The third-order valence-corrected chi connectivity index (χ3v) is 6.70. The second kappa shape index (κ2) is 8.33. The van der Waals surface area contributed by atoms with Gasteiger partial charge in [0.25, 0.3) is 17.1 Å². The van der Waals surface area contributed by atoms with Crippen LogP contribution in [-0.4, -0.2) is 0 Å². The smallest absolute Gasteiger partial charge is 0.232 e. The van der Waals surface area contributed by atoms with Gasteiger partial charge >= 0.3 is 0 Å². The maximum absolute atomic E-state index is 15.3. The summed E-state index contributed by atoms with van der Waals surface area (Å²) in [4.78, 5) is 9.40. The molecule has 38 heavy (non-hydrogen) atoms.